The predicted molar refractivity (Wildman–Crippen MR) is 122 cm³/mol. The highest BCUT2D eigenvalue weighted by atomic mass is 19.4. The first kappa shape index (κ1) is 24.3. The molecule has 2 aliphatic rings. The number of carboxylic acids is 1. The van der Waals surface area contributed by atoms with Crippen LogP contribution in [0.5, 0.6) is 0 Å². The first-order chi connectivity index (χ1) is 18.0. The van der Waals surface area contributed by atoms with Crippen LogP contribution in [0.15, 0.2) is 57.6 Å². The summed E-state index contributed by atoms with van der Waals surface area (Å²) in [6.07, 6.45) is -5.85. The molecule has 4 aromatic rings. The number of nitrogens with zero attached hydrogens (tertiary/aromatic N) is 3. The largest absolute Gasteiger partial charge is 0.481 e. The first-order valence-electron chi connectivity index (χ1n) is 11.6. The normalized spacial score (nSPS) is 17.1. The number of alkyl halides is 5. The van der Waals surface area contributed by atoms with E-state index < -0.39 is 53.2 Å². The van der Waals surface area contributed by atoms with Gasteiger partial charge in [0.1, 0.15) is 11.3 Å². The van der Waals surface area contributed by atoms with Crippen LogP contribution in [0.4, 0.5) is 22.0 Å². The number of likely N-dealkylation sites (tertiary alicyclic amines) is 1. The molecule has 0 unspecified atom stereocenters. The van der Waals surface area contributed by atoms with Gasteiger partial charge in [-0.15, -0.1) is 0 Å². The molecule has 3 heterocycles. The maximum absolute atomic E-state index is 15.4. The zero-order valence-electron chi connectivity index (χ0n) is 19.4. The zero-order chi connectivity index (χ0) is 26.8. The average Bonchev–Trinajstić information content (AvgIpc) is 3.45. The van der Waals surface area contributed by atoms with Crippen LogP contribution < -0.4 is 0 Å². The Bertz CT molecular complexity index is 1540. The van der Waals surface area contributed by atoms with Crippen molar-refractivity contribution < 1.29 is 40.9 Å². The summed E-state index contributed by atoms with van der Waals surface area (Å²) < 4.78 is 83.5. The van der Waals surface area contributed by atoms with Gasteiger partial charge in [-0.2, -0.15) is 13.2 Å². The van der Waals surface area contributed by atoms with Crippen LogP contribution in [0.3, 0.4) is 0 Å². The van der Waals surface area contributed by atoms with E-state index >= 15 is 8.78 Å². The number of rotatable bonds is 5. The summed E-state index contributed by atoms with van der Waals surface area (Å²) in [6.45, 7) is 0.938. The van der Waals surface area contributed by atoms with Crippen LogP contribution in [-0.4, -0.2) is 39.4 Å². The Kier molecular flexibility index (Phi) is 5.42. The van der Waals surface area contributed by atoms with Crippen molar-refractivity contribution in [2.75, 3.05) is 13.1 Å². The second kappa shape index (κ2) is 8.48. The van der Waals surface area contributed by atoms with Gasteiger partial charge in [0.25, 0.3) is 5.92 Å². The number of hydrogen-bond donors (Lipinski definition) is 1. The molecular formula is C26H18F5N3O4. The third-order valence-electron chi connectivity index (χ3n) is 6.86. The number of aliphatic carboxylic acids is 1. The number of aromatic nitrogens is 2. The van der Waals surface area contributed by atoms with E-state index in [1.807, 2.05) is 4.90 Å². The first-order valence-corrected chi connectivity index (χ1v) is 11.6. The van der Waals surface area contributed by atoms with Crippen molar-refractivity contribution in [1.29, 1.82) is 0 Å². The Balaban J connectivity index is 1.39. The number of carboxylic acid groups (broad SMARTS) is 1. The van der Waals surface area contributed by atoms with Crippen molar-refractivity contribution in [1.82, 2.24) is 15.2 Å². The minimum Gasteiger partial charge on any atom is -0.481 e. The van der Waals surface area contributed by atoms with Gasteiger partial charge < -0.3 is 14.2 Å². The van der Waals surface area contributed by atoms with E-state index in [1.54, 1.807) is 12.1 Å². The Morgan fingerprint density at radius 3 is 2.39 bits per heavy atom. The molecule has 0 saturated carbocycles. The number of hydrogen-bond acceptors (Lipinski definition) is 6. The van der Waals surface area contributed by atoms with E-state index in [2.05, 4.69) is 10.3 Å². The van der Waals surface area contributed by atoms with Crippen LogP contribution in [0.1, 0.15) is 22.3 Å². The van der Waals surface area contributed by atoms with Crippen molar-refractivity contribution in [3.05, 3.63) is 70.8 Å². The summed E-state index contributed by atoms with van der Waals surface area (Å²) in [4.78, 5) is 12.8. The lowest BCUT2D eigenvalue weighted by atomic mass is 9.84. The van der Waals surface area contributed by atoms with Gasteiger partial charge in [-0.25, -0.2) is 8.78 Å². The van der Waals surface area contributed by atoms with Crippen LogP contribution in [-0.2, 0) is 29.9 Å². The van der Waals surface area contributed by atoms with E-state index in [-0.39, 0.29) is 27.9 Å². The number of fused-ring (bicyclic) bond motifs is 3. The van der Waals surface area contributed by atoms with E-state index in [4.69, 9.17) is 14.2 Å². The maximum atomic E-state index is 15.4. The monoisotopic (exact) mass is 531 g/mol. The smallest absolute Gasteiger partial charge is 0.422 e. The molecule has 0 radical (unpaired) electrons. The van der Waals surface area contributed by atoms with Crippen molar-refractivity contribution in [3.8, 4) is 34.0 Å². The highest BCUT2D eigenvalue weighted by Gasteiger charge is 2.47. The molecule has 0 spiro atoms. The Morgan fingerprint density at radius 2 is 1.71 bits per heavy atom. The molecule has 38 heavy (non-hydrogen) atoms. The van der Waals surface area contributed by atoms with E-state index in [1.165, 1.54) is 36.4 Å². The lowest BCUT2D eigenvalue weighted by Gasteiger charge is -2.37. The molecule has 6 rings (SSSR count). The minimum atomic E-state index is -4.92. The predicted octanol–water partition coefficient (Wildman–Crippen LogP) is 5.85. The standard InChI is InChI=1S/C26H18F5N3O4/c27-25(28)9-17-20(16-7-6-13(8-18(16)25)10-34-11-15(12-34)24(35)36)32-38-23(17)21-19(26(29,30)31)22(37-33-21)14-4-2-1-3-5-14/h1-8,15H,9-12H2,(H,35,36). The molecule has 1 aliphatic heterocycles. The molecule has 12 heteroatoms. The highest BCUT2D eigenvalue weighted by molar-refractivity contribution is 5.80. The molecule has 2 aromatic heterocycles. The zero-order valence-corrected chi connectivity index (χ0v) is 19.4. The van der Waals surface area contributed by atoms with Gasteiger partial charge >= 0.3 is 12.1 Å². The van der Waals surface area contributed by atoms with Gasteiger partial charge in [0.05, 0.1) is 5.92 Å². The SMILES string of the molecule is O=C(O)C1CN(Cc2ccc3c(c2)C(F)(F)Cc2c-3noc2-c2noc(-c3ccccc3)c2C(F)(F)F)C1. The molecule has 1 aliphatic carbocycles. The lowest BCUT2D eigenvalue weighted by molar-refractivity contribution is -0.147. The third kappa shape index (κ3) is 3.95. The molecule has 0 amide bonds. The summed E-state index contributed by atoms with van der Waals surface area (Å²) in [7, 11) is 0. The van der Waals surface area contributed by atoms with Crippen molar-refractivity contribution >= 4 is 5.97 Å². The third-order valence-corrected chi connectivity index (χ3v) is 6.86. The lowest BCUT2D eigenvalue weighted by Crippen LogP contribution is -2.49. The molecule has 0 bridgehead atoms. The van der Waals surface area contributed by atoms with Crippen LogP contribution >= 0.6 is 0 Å². The number of halogens is 5. The molecule has 1 fully saturated rings. The minimum absolute atomic E-state index is 0.0137. The maximum Gasteiger partial charge on any atom is 0.422 e. The second-order valence-electron chi connectivity index (χ2n) is 9.43. The number of benzene rings is 2. The summed E-state index contributed by atoms with van der Waals surface area (Å²) >= 11 is 0. The molecule has 7 nitrogen and oxygen atoms in total. The summed E-state index contributed by atoms with van der Waals surface area (Å²) in [5.74, 6) is -5.88. The van der Waals surface area contributed by atoms with Gasteiger partial charge in [0.2, 0.25) is 0 Å². The molecule has 1 saturated heterocycles. The van der Waals surface area contributed by atoms with E-state index in [9.17, 15) is 18.0 Å². The molecular weight excluding hydrogens is 513 g/mol. The van der Waals surface area contributed by atoms with Gasteiger partial charge in [0.15, 0.2) is 17.2 Å². The van der Waals surface area contributed by atoms with Crippen LogP contribution in [0.2, 0.25) is 0 Å². The Morgan fingerprint density at radius 1 is 1.03 bits per heavy atom. The van der Waals surface area contributed by atoms with Gasteiger partial charge in [-0.05, 0) is 11.6 Å². The fraction of sp³-hybridized carbons (Fsp3) is 0.269. The molecule has 2 aromatic carbocycles. The van der Waals surface area contributed by atoms with Gasteiger partial charge in [-0.1, -0.05) is 52.8 Å². The van der Waals surface area contributed by atoms with Gasteiger partial charge in [0, 0.05) is 48.3 Å². The summed E-state index contributed by atoms with van der Waals surface area (Å²) in [5, 5.41) is 16.5. The Hall–Kier alpha value is -4.06. The summed E-state index contributed by atoms with van der Waals surface area (Å²) in [6, 6.07) is 11.9. The molecule has 0 atom stereocenters. The second-order valence-corrected chi connectivity index (χ2v) is 9.43. The number of carbonyl (C=O) groups is 1. The molecule has 196 valence electrons. The van der Waals surface area contributed by atoms with Crippen molar-refractivity contribution in [2.45, 2.75) is 25.1 Å². The molecule has 1 N–H and O–H groups in total. The van der Waals surface area contributed by atoms with E-state index in [0.717, 1.165) is 0 Å². The van der Waals surface area contributed by atoms with Crippen molar-refractivity contribution in [2.24, 2.45) is 5.92 Å². The highest BCUT2D eigenvalue weighted by Crippen LogP contribution is 2.50. The van der Waals surface area contributed by atoms with E-state index in [0.29, 0.717) is 25.2 Å². The average molecular weight is 531 g/mol. The van der Waals surface area contributed by atoms with Crippen LogP contribution in [0.25, 0.3) is 34.0 Å². The Labute approximate surface area is 211 Å². The van der Waals surface area contributed by atoms with Crippen molar-refractivity contribution in [3.63, 3.8) is 0 Å². The topological polar surface area (TPSA) is 92.6 Å². The fourth-order valence-electron chi connectivity index (χ4n) is 5.00. The van der Waals surface area contributed by atoms with Gasteiger partial charge in [-0.3, -0.25) is 9.69 Å². The summed E-state index contributed by atoms with van der Waals surface area (Å²) in [5.41, 5.74) is -1.76. The quantitative estimate of drug-likeness (QED) is 0.323. The fourth-order valence-corrected chi connectivity index (χ4v) is 5.00. The van der Waals surface area contributed by atoms with Crippen LogP contribution in [0, 0.1) is 5.92 Å².